The number of imidazole rings is 1. The summed E-state index contributed by atoms with van der Waals surface area (Å²) in [4.78, 5) is 17.4. The second-order valence-corrected chi connectivity index (χ2v) is 9.16. The Kier molecular flexibility index (Phi) is 8.67. The van der Waals surface area contributed by atoms with Gasteiger partial charge in [-0.15, -0.1) is 0 Å². The molecule has 0 aliphatic heterocycles. The Hall–Kier alpha value is -4.00. The smallest absolute Gasteiger partial charge is 0.224 e. The third-order valence-corrected chi connectivity index (χ3v) is 6.21. The fourth-order valence-electron chi connectivity index (χ4n) is 4.55. The first-order valence-electron chi connectivity index (χ1n) is 12.6. The minimum Gasteiger partial charge on any atom is -0.494 e. The van der Waals surface area contributed by atoms with Gasteiger partial charge in [0.2, 0.25) is 5.91 Å². The average molecular weight is 502 g/mol. The van der Waals surface area contributed by atoms with Gasteiger partial charge < -0.3 is 24.1 Å². The molecular formula is C30H35N3O4. The lowest BCUT2D eigenvalue weighted by Gasteiger charge is -2.12. The second-order valence-electron chi connectivity index (χ2n) is 9.16. The van der Waals surface area contributed by atoms with Gasteiger partial charge in [0, 0.05) is 19.5 Å². The number of hydrogen-bond donors (Lipinski definition) is 1. The number of aromatic nitrogens is 2. The van der Waals surface area contributed by atoms with Gasteiger partial charge in [0.15, 0.2) is 11.5 Å². The van der Waals surface area contributed by atoms with Crippen LogP contribution in [-0.2, 0) is 24.2 Å². The lowest BCUT2D eigenvalue weighted by Crippen LogP contribution is -2.28. The first-order valence-corrected chi connectivity index (χ1v) is 12.6. The first kappa shape index (κ1) is 26.1. The molecule has 0 fully saturated rings. The molecule has 1 N–H and O–H groups in total. The summed E-state index contributed by atoms with van der Waals surface area (Å²) in [6.45, 7) is 6.08. The Bertz CT molecular complexity index is 1340. The van der Waals surface area contributed by atoms with Crippen LogP contribution in [0.5, 0.6) is 17.2 Å². The number of para-hydroxylation sites is 2. The number of fused-ring (bicyclic) bond motifs is 1. The number of rotatable bonds is 12. The van der Waals surface area contributed by atoms with Crippen LogP contribution in [-0.4, -0.2) is 42.8 Å². The summed E-state index contributed by atoms with van der Waals surface area (Å²) >= 11 is 0. The summed E-state index contributed by atoms with van der Waals surface area (Å²) in [6, 6.07) is 19.9. The van der Waals surface area contributed by atoms with Crippen molar-refractivity contribution in [1.82, 2.24) is 14.9 Å². The predicted molar refractivity (Wildman–Crippen MR) is 146 cm³/mol. The molecule has 7 heteroatoms. The third kappa shape index (κ3) is 6.82. The Morgan fingerprint density at radius 1 is 0.946 bits per heavy atom. The third-order valence-electron chi connectivity index (χ3n) is 6.21. The van der Waals surface area contributed by atoms with Crippen LogP contribution in [0.4, 0.5) is 0 Å². The summed E-state index contributed by atoms with van der Waals surface area (Å²) < 4.78 is 18.9. The molecule has 4 rings (SSSR count). The van der Waals surface area contributed by atoms with Crippen molar-refractivity contribution in [3.05, 3.63) is 83.2 Å². The molecule has 37 heavy (non-hydrogen) atoms. The fraction of sp³-hybridized carbons (Fsp3) is 0.333. The van der Waals surface area contributed by atoms with Crippen LogP contribution >= 0.6 is 0 Å². The van der Waals surface area contributed by atoms with Gasteiger partial charge >= 0.3 is 0 Å². The summed E-state index contributed by atoms with van der Waals surface area (Å²) in [6.07, 6.45) is 1.77. The van der Waals surface area contributed by atoms with Crippen LogP contribution in [0.1, 0.15) is 28.9 Å². The van der Waals surface area contributed by atoms with E-state index in [2.05, 4.69) is 48.0 Å². The van der Waals surface area contributed by atoms with E-state index in [1.165, 1.54) is 11.1 Å². The van der Waals surface area contributed by atoms with Crippen LogP contribution in [0, 0.1) is 13.8 Å². The van der Waals surface area contributed by atoms with E-state index < -0.39 is 0 Å². The monoisotopic (exact) mass is 501 g/mol. The maximum absolute atomic E-state index is 12.6. The van der Waals surface area contributed by atoms with Crippen molar-refractivity contribution in [2.75, 3.05) is 27.4 Å². The minimum atomic E-state index is -0.0447. The number of ether oxygens (including phenoxy) is 3. The van der Waals surface area contributed by atoms with Gasteiger partial charge in [-0.1, -0.05) is 24.3 Å². The number of carbonyl (C=O) groups is 1. The number of amides is 1. The van der Waals surface area contributed by atoms with Crippen LogP contribution in [0.2, 0.25) is 0 Å². The van der Waals surface area contributed by atoms with Gasteiger partial charge in [-0.25, -0.2) is 4.98 Å². The highest BCUT2D eigenvalue weighted by Gasteiger charge is 2.12. The second kappa shape index (κ2) is 12.3. The summed E-state index contributed by atoms with van der Waals surface area (Å²) in [7, 11) is 3.18. The van der Waals surface area contributed by atoms with Crippen LogP contribution in [0.3, 0.4) is 0 Å². The van der Waals surface area contributed by atoms with Gasteiger partial charge in [0.25, 0.3) is 0 Å². The molecule has 0 bridgehead atoms. The van der Waals surface area contributed by atoms with Gasteiger partial charge in [0.1, 0.15) is 11.6 Å². The largest absolute Gasteiger partial charge is 0.494 e. The molecule has 0 atom stereocenters. The summed E-state index contributed by atoms with van der Waals surface area (Å²) in [5.41, 5.74) is 5.33. The zero-order chi connectivity index (χ0) is 26.2. The number of hydrogen-bond acceptors (Lipinski definition) is 5. The summed E-state index contributed by atoms with van der Waals surface area (Å²) in [5.74, 6) is 3.08. The first-order chi connectivity index (χ1) is 18.0. The maximum Gasteiger partial charge on any atom is 0.224 e. The average Bonchev–Trinajstić information content (AvgIpc) is 3.23. The van der Waals surface area contributed by atoms with E-state index in [9.17, 15) is 4.79 Å². The molecule has 0 aliphatic rings. The molecule has 7 nitrogen and oxygen atoms in total. The van der Waals surface area contributed by atoms with Crippen molar-refractivity contribution in [2.24, 2.45) is 0 Å². The van der Waals surface area contributed by atoms with E-state index in [1.54, 1.807) is 14.2 Å². The number of nitrogens with one attached hydrogen (secondary N) is 1. The van der Waals surface area contributed by atoms with Crippen molar-refractivity contribution in [1.29, 1.82) is 0 Å². The standard InChI is InChI=1S/C30H35N3O4/c1-21-16-22(2)18-24(17-21)37-15-7-14-33-26-9-6-5-8-25(26)32-29(33)12-13-31-30(34)20-23-10-11-27(35-3)28(19-23)36-4/h5-6,8-11,16-19H,7,12-15,20H2,1-4H3,(H,31,34). The number of methoxy groups -OCH3 is 2. The molecule has 0 radical (unpaired) electrons. The Morgan fingerprint density at radius 3 is 2.46 bits per heavy atom. The minimum absolute atomic E-state index is 0.0447. The summed E-state index contributed by atoms with van der Waals surface area (Å²) in [5, 5.41) is 3.03. The number of carbonyl (C=O) groups excluding carboxylic acids is 1. The highest BCUT2D eigenvalue weighted by Crippen LogP contribution is 2.27. The van der Waals surface area contributed by atoms with Crippen molar-refractivity contribution in [2.45, 2.75) is 39.7 Å². The van der Waals surface area contributed by atoms with Gasteiger partial charge in [-0.05, 0) is 73.4 Å². The molecule has 0 aliphatic carbocycles. The Morgan fingerprint density at radius 2 is 1.70 bits per heavy atom. The zero-order valence-electron chi connectivity index (χ0n) is 22.0. The lowest BCUT2D eigenvalue weighted by molar-refractivity contribution is -0.120. The molecule has 194 valence electrons. The SMILES string of the molecule is COc1ccc(CC(=O)NCCc2nc3ccccc3n2CCCOc2cc(C)cc(C)c2)cc1OC. The quantitative estimate of drug-likeness (QED) is 0.275. The van der Waals surface area contributed by atoms with E-state index in [1.807, 2.05) is 36.4 Å². The Balaban J connectivity index is 1.34. The van der Waals surface area contributed by atoms with Crippen molar-refractivity contribution >= 4 is 16.9 Å². The predicted octanol–water partition coefficient (Wildman–Crippen LogP) is 5.04. The van der Waals surface area contributed by atoms with E-state index in [-0.39, 0.29) is 12.3 Å². The van der Waals surface area contributed by atoms with Crippen LogP contribution < -0.4 is 19.5 Å². The lowest BCUT2D eigenvalue weighted by atomic mass is 10.1. The number of nitrogens with zero attached hydrogens (tertiary/aromatic N) is 2. The number of benzene rings is 3. The molecule has 3 aromatic carbocycles. The van der Waals surface area contributed by atoms with Gasteiger partial charge in [-0.2, -0.15) is 0 Å². The van der Waals surface area contributed by atoms with Crippen molar-refractivity contribution in [3.63, 3.8) is 0 Å². The molecule has 4 aromatic rings. The van der Waals surface area contributed by atoms with Crippen LogP contribution in [0.25, 0.3) is 11.0 Å². The Labute approximate surface area is 218 Å². The topological polar surface area (TPSA) is 74.6 Å². The van der Waals surface area contributed by atoms with Gasteiger partial charge in [0.05, 0.1) is 38.3 Å². The molecule has 0 unspecified atom stereocenters. The molecule has 0 spiro atoms. The fourth-order valence-corrected chi connectivity index (χ4v) is 4.55. The van der Waals surface area contributed by atoms with E-state index >= 15 is 0 Å². The molecule has 1 amide bonds. The highest BCUT2D eigenvalue weighted by molar-refractivity contribution is 5.79. The normalized spacial score (nSPS) is 10.9. The highest BCUT2D eigenvalue weighted by atomic mass is 16.5. The van der Waals surface area contributed by atoms with Crippen LogP contribution in [0.15, 0.2) is 60.7 Å². The zero-order valence-corrected chi connectivity index (χ0v) is 22.0. The number of aryl methyl sites for hydroxylation is 3. The van der Waals surface area contributed by atoms with E-state index in [0.717, 1.165) is 41.1 Å². The van der Waals surface area contributed by atoms with E-state index in [0.29, 0.717) is 31.1 Å². The molecule has 0 saturated heterocycles. The molecule has 1 heterocycles. The molecule has 0 saturated carbocycles. The molecule has 1 aromatic heterocycles. The van der Waals surface area contributed by atoms with Crippen molar-refractivity contribution < 1.29 is 19.0 Å². The van der Waals surface area contributed by atoms with Gasteiger partial charge in [-0.3, -0.25) is 4.79 Å². The maximum atomic E-state index is 12.6. The van der Waals surface area contributed by atoms with Crippen molar-refractivity contribution in [3.8, 4) is 17.2 Å². The van der Waals surface area contributed by atoms with E-state index in [4.69, 9.17) is 19.2 Å². The molecular weight excluding hydrogens is 466 g/mol.